The van der Waals surface area contributed by atoms with Gasteiger partial charge in [-0.1, -0.05) is 23.2 Å². The molecule has 2 aromatic carbocycles. The first kappa shape index (κ1) is 16.7. The summed E-state index contributed by atoms with van der Waals surface area (Å²) in [7, 11) is 0. The van der Waals surface area contributed by atoms with Crippen molar-refractivity contribution in [3.05, 3.63) is 69.6 Å². The van der Waals surface area contributed by atoms with E-state index in [1.54, 1.807) is 18.2 Å². The Kier molecular flexibility index (Phi) is 4.69. The van der Waals surface area contributed by atoms with Gasteiger partial charge in [0, 0.05) is 22.3 Å². The van der Waals surface area contributed by atoms with Crippen molar-refractivity contribution in [2.75, 3.05) is 5.32 Å². The quantitative estimate of drug-likeness (QED) is 0.585. The fourth-order valence-electron chi connectivity index (χ4n) is 2.26. The lowest BCUT2D eigenvalue weighted by molar-refractivity contribution is 0.628. The molecule has 3 nitrogen and oxygen atoms in total. The van der Waals surface area contributed by atoms with Crippen molar-refractivity contribution in [1.82, 2.24) is 9.97 Å². The van der Waals surface area contributed by atoms with Gasteiger partial charge < -0.3 is 5.32 Å². The molecule has 1 aromatic heterocycles. The topological polar surface area (TPSA) is 37.8 Å². The molecule has 3 aromatic rings. The van der Waals surface area contributed by atoms with E-state index >= 15 is 0 Å². The lowest BCUT2D eigenvalue weighted by Gasteiger charge is -2.12. The Morgan fingerprint density at radius 1 is 0.917 bits per heavy atom. The molecule has 0 aliphatic carbocycles. The van der Waals surface area contributed by atoms with E-state index in [2.05, 4.69) is 15.3 Å². The second kappa shape index (κ2) is 6.75. The minimum Gasteiger partial charge on any atom is -0.340 e. The van der Waals surface area contributed by atoms with Crippen LogP contribution in [0.4, 0.5) is 15.9 Å². The van der Waals surface area contributed by atoms with Crippen molar-refractivity contribution in [1.29, 1.82) is 0 Å². The number of anilines is 2. The van der Waals surface area contributed by atoms with Crippen molar-refractivity contribution in [2.45, 2.75) is 13.8 Å². The Hall–Kier alpha value is -2.17. The summed E-state index contributed by atoms with van der Waals surface area (Å²) in [6.45, 7) is 3.89. The van der Waals surface area contributed by atoms with Crippen molar-refractivity contribution >= 4 is 34.7 Å². The molecule has 0 spiro atoms. The maximum atomic E-state index is 13.1. The van der Waals surface area contributed by atoms with E-state index in [1.165, 1.54) is 12.1 Å². The Bertz CT molecular complexity index is 896. The summed E-state index contributed by atoms with van der Waals surface area (Å²) in [5.41, 5.74) is 3.52. The third-order valence-electron chi connectivity index (χ3n) is 3.57. The highest BCUT2D eigenvalue weighted by Crippen LogP contribution is 2.28. The van der Waals surface area contributed by atoms with E-state index in [0.29, 0.717) is 27.4 Å². The molecule has 0 radical (unpaired) electrons. The summed E-state index contributed by atoms with van der Waals surface area (Å²) < 4.78 is 13.1. The van der Waals surface area contributed by atoms with E-state index in [9.17, 15) is 4.39 Å². The van der Waals surface area contributed by atoms with Crippen molar-refractivity contribution in [3.63, 3.8) is 0 Å². The van der Waals surface area contributed by atoms with Crippen molar-refractivity contribution in [3.8, 4) is 11.4 Å². The summed E-state index contributed by atoms with van der Waals surface area (Å²) in [5, 5.41) is 4.25. The first-order valence-electron chi connectivity index (χ1n) is 7.26. The van der Waals surface area contributed by atoms with Crippen LogP contribution < -0.4 is 5.32 Å². The van der Waals surface area contributed by atoms with Crippen LogP contribution in [0.1, 0.15) is 11.1 Å². The number of nitrogens with one attached hydrogen (secondary N) is 1. The predicted octanol–water partition coefficient (Wildman–Crippen LogP) is 5.95. The zero-order chi connectivity index (χ0) is 17.3. The molecule has 0 fully saturated rings. The molecule has 0 saturated heterocycles. The van der Waals surface area contributed by atoms with Crippen LogP contribution >= 0.6 is 23.2 Å². The van der Waals surface area contributed by atoms with Gasteiger partial charge in [0.05, 0.1) is 0 Å². The Labute approximate surface area is 149 Å². The zero-order valence-electron chi connectivity index (χ0n) is 13.1. The SMILES string of the molecule is Cc1cc(Nc2cc(Cl)nc(-c3ccc(F)cc3)n2)c(C)cc1Cl. The molecule has 0 amide bonds. The lowest BCUT2D eigenvalue weighted by atomic mass is 10.1. The van der Waals surface area contributed by atoms with E-state index < -0.39 is 0 Å². The normalized spacial score (nSPS) is 10.7. The number of hydrogen-bond acceptors (Lipinski definition) is 3. The van der Waals surface area contributed by atoms with Gasteiger partial charge in [-0.15, -0.1) is 0 Å². The summed E-state index contributed by atoms with van der Waals surface area (Å²) in [5.74, 6) is 0.666. The lowest BCUT2D eigenvalue weighted by Crippen LogP contribution is -2.00. The van der Waals surface area contributed by atoms with Gasteiger partial charge in [-0.2, -0.15) is 0 Å². The average Bonchev–Trinajstić information content (AvgIpc) is 2.53. The van der Waals surface area contributed by atoms with Crippen LogP contribution in [0.15, 0.2) is 42.5 Å². The number of nitrogens with zero attached hydrogens (tertiary/aromatic N) is 2. The zero-order valence-corrected chi connectivity index (χ0v) is 14.6. The summed E-state index contributed by atoms with van der Waals surface area (Å²) in [6, 6.07) is 11.4. The molecule has 1 N–H and O–H groups in total. The van der Waals surface area contributed by atoms with Gasteiger partial charge in [0.2, 0.25) is 0 Å². The number of benzene rings is 2. The molecule has 0 unspecified atom stereocenters. The van der Waals surface area contributed by atoms with Gasteiger partial charge in [0.1, 0.15) is 16.8 Å². The van der Waals surface area contributed by atoms with Crippen molar-refractivity contribution < 1.29 is 4.39 Å². The molecule has 6 heteroatoms. The monoisotopic (exact) mass is 361 g/mol. The third kappa shape index (κ3) is 3.66. The van der Waals surface area contributed by atoms with Crippen LogP contribution in [0.3, 0.4) is 0 Å². The second-order valence-corrected chi connectivity index (χ2v) is 6.24. The molecule has 0 saturated carbocycles. The predicted molar refractivity (Wildman–Crippen MR) is 96.6 cm³/mol. The Morgan fingerprint density at radius 3 is 2.33 bits per heavy atom. The standard InChI is InChI=1S/C18H14Cl2FN3/c1-10-8-15(11(2)7-14(10)19)22-17-9-16(20)23-18(24-17)12-3-5-13(21)6-4-12/h3-9H,1-2H3,(H,22,23,24). The van der Waals surface area contributed by atoms with Crippen LogP contribution in [0.2, 0.25) is 10.2 Å². The van der Waals surface area contributed by atoms with E-state index in [4.69, 9.17) is 23.2 Å². The highest BCUT2D eigenvalue weighted by atomic mass is 35.5. The van der Waals surface area contributed by atoms with Gasteiger partial charge >= 0.3 is 0 Å². The first-order valence-corrected chi connectivity index (χ1v) is 8.02. The van der Waals surface area contributed by atoms with Gasteiger partial charge in [-0.05, 0) is 61.4 Å². The number of halogens is 3. The van der Waals surface area contributed by atoms with Gasteiger partial charge in [-0.25, -0.2) is 14.4 Å². The Balaban J connectivity index is 1.97. The Morgan fingerprint density at radius 2 is 1.62 bits per heavy atom. The molecule has 122 valence electrons. The summed E-state index contributed by atoms with van der Waals surface area (Å²) >= 11 is 12.2. The molecule has 3 rings (SSSR count). The molecule has 0 atom stereocenters. The summed E-state index contributed by atoms with van der Waals surface area (Å²) in [6.07, 6.45) is 0. The smallest absolute Gasteiger partial charge is 0.163 e. The van der Waals surface area contributed by atoms with Crippen LogP contribution in [0, 0.1) is 19.7 Å². The summed E-state index contributed by atoms with van der Waals surface area (Å²) in [4.78, 5) is 8.66. The van der Waals surface area contributed by atoms with Crippen LogP contribution in [0.25, 0.3) is 11.4 Å². The molecule has 24 heavy (non-hydrogen) atoms. The number of rotatable bonds is 3. The highest BCUT2D eigenvalue weighted by Gasteiger charge is 2.09. The van der Waals surface area contributed by atoms with Crippen LogP contribution in [-0.2, 0) is 0 Å². The van der Waals surface area contributed by atoms with E-state index in [1.807, 2.05) is 26.0 Å². The first-order chi connectivity index (χ1) is 11.4. The van der Waals surface area contributed by atoms with E-state index in [0.717, 1.165) is 16.8 Å². The third-order valence-corrected chi connectivity index (χ3v) is 4.17. The molecule has 0 aliphatic heterocycles. The van der Waals surface area contributed by atoms with Crippen LogP contribution in [0.5, 0.6) is 0 Å². The molecule has 1 heterocycles. The fourth-order valence-corrected chi connectivity index (χ4v) is 2.66. The molecule has 0 aliphatic rings. The number of aromatic nitrogens is 2. The van der Waals surface area contributed by atoms with Crippen molar-refractivity contribution in [2.24, 2.45) is 0 Å². The maximum absolute atomic E-state index is 13.1. The van der Waals surface area contributed by atoms with Gasteiger partial charge in [0.15, 0.2) is 5.82 Å². The fraction of sp³-hybridized carbons (Fsp3) is 0.111. The van der Waals surface area contributed by atoms with Gasteiger partial charge in [-0.3, -0.25) is 0 Å². The second-order valence-electron chi connectivity index (χ2n) is 5.45. The van der Waals surface area contributed by atoms with Crippen LogP contribution in [-0.4, -0.2) is 9.97 Å². The number of hydrogen-bond donors (Lipinski definition) is 1. The molecular formula is C18H14Cl2FN3. The maximum Gasteiger partial charge on any atom is 0.163 e. The van der Waals surface area contributed by atoms with Gasteiger partial charge in [0.25, 0.3) is 0 Å². The number of aryl methyl sites for hydroxylation is 2. The minimum absolute atomic E-state index is 0.301. The minimum atomic E-state index is -0.314. The highest BCUT2D eigenvalue weighted by molar-refractivity contribution is 6.31. The average molecular weight is 362 g/mol. The van der Waals surface area contributed by atoms with E-state index in [-0.39, 0.29) is 5.82 Å². The molecular weight excluding hydrogens is 348 g/mol. The largest absolute Gasteiger partial charge is 0.340 e. The molecule has 0 bridgehead atoms.